The maximum atomic E-state index is 12.9. The molecule has 3 atom stereocenters. The largest absolute Gasteiger partial charge is 0.459 e. The number of carbonyl (C=O) groups excluding carboxylic acids is 3. The summed E-state index contributed by atoms with van der Waals surface area (Å²) >= 11 is 1.09. The van der Waals surface area contributed by atoms with Gasteiger partial charge in [0.15, 0.2) is 0 Å². The molecule has 1 aromatic rings. The third-order valence-corrected chi connectivity index (χ3v) is 6.72. The Labute approximate surface area is 170 Å². The Morgan fingerprint density at radius 3 is 2.18 bits per heavy atom. The quantitative estimate of drug-likeness (QED) is 0.699. The van der Waals surface area contributed by atoms with E-state index in [-0.39, 0.29) is 29.6 Å². The molecule has 2 saturated carbocycles. The van der Waals surface area contributed by atoms with E-state index in [4.69, 9.17) is 9.47 Å². The summed E-state index contributed by atoms with van der Waals surface area (Å²) in [5, 5.41) is 3.31. The predicted molar refractivity (Wildman–Crippen MR) is 108 cm³/mol. The fraction of sp³-hybridized carbons (Fsp3) is 0.667. The van der Waals surface area contributed by atoms with Crippen molar-refractivity contribution in [3.05, 3.63) is 16.0 Å². The molecule has 0 aliphatic heterocycles. The Morgan fingerprint density at radius 2 is 1.64 bits per heavy atom. The van der Waals surface area contributed by atoms with Crippen LogP contribution in [0, 0.1) is 24.7 Å². The lowest BCUT2D eigenvalue weighted by Gasteiger charge is -2.20. The van der Waals surface area contributed by atoms with E-state index in [1.54, 1.807) is 34.6 Å². The van der Waals surface area contributed by atoms with Gasteiger partial charge in [-0.2, -0.15) is 0 Å². The molecule has 7 heteroatoms. The zero-order valence-electron chi connectivity index (χ0n) is 17.2. The molecule has 1 amide bonds. The highest BCUT2D eigenvalue weighted by molar-refractivity contribution is 7.18. The molecular weight excluding hydrogens is 378 g/mol. The zero-order chi connectivity index (χ0) is 20.6. The van der Waals surface area contributed by atoms with E-state index >= 15 is 0 Å². The molecule has 0 saturated heterocycles. The van der Waals surface area contributed by atoms with Crippen LogP contribution in [0.25, 0.3) is 0 Å². The first-order valence-corrected chi connectivity index (χ1v) is 10.8. The number of amides is 1. The molecule has 2 aliphatic rings. The van der Waals surface area contributed by atoms with Gasteiger partial charge in [-0.05, 0) is 71.3 Å². The van der Waals surface area contributed by atoms with Crippen LogP contribution in [0.1, 0.15) is 79.0 Å². The van der Waals surface area contributed by atoms with Crippen molar-refractivity contribution >= 4 is 34.2 Å². The van der Waals surface area contributed by atoms with E-state index in [9.17, 15) is 14.4 Å². The van der Waals surface area contributed by atoms with Crippen molar-refractivity contribution in [2.75, 3.05) is 5.32 Å². The number of hydrogen-bond donors (Lipinski definition) is 1. The van der Waals surface area contributed by atoms with E-state index in [0.29, 0.717) is 27.3 Å². The van der Waals surface area contributed by atoms with Gasteiger partial charge in [-0.15, -0.1) is 11.3 Å². The van der Waals surface area contributed by atoms with Crippen molar-refractivity contribution in [2.24, 2.45) is 17.8 Å². The Morgan fingerprint density at radius 1 is 1.00 bits per heavy atom. The second kappa shape index (κ2) is 8.23. The SMILES string of the molecule is Cc1c(C(=O)OC(C)C)sc(NC(=O)[C@@H]2C[C@@H]3CC[C@@H]2C3)c1C(=O)OC(C)C. The number of rotatable bonds is 6. The maximum absolute atomic E-state index is 12.9. The van der Waals surface area contributed by atoms with Crippen LogP contribution in [0.5, 0.6) is 0 Å². The summed E-state index contributed by atoms with van der Waals surface area (Å²) in [5.74, 6) is -0.0144. The average Bonchev–Trinajstić information content (AvgIpc) is 3.27. The number of carbonyl (C=O) groups is 3. The molecule has 28 heavy (non-hydrogen) atoms. The minimum absolute atomic E-state index is 0.0128. The first-order valence-electron chi connectivity index (χ1n) is 10.0. The number of esters is 2. The molecule has 0 spiro atoms. The molecular formula is C21H29NO5S. The van der Waals surface area contributed by atoms with Crippen molar-refractivity contribution in [1.29, 1.82) is 0 Å². The molecule has 0 aromatic carbocycles. The number of anilines is 1. The summed E-state index contributed by atoms with van der Waals surface area (Å²) in [5.41, 5.74) is 0.746. The summed E-state index contributed by atoms with van der Waals surface area (Å²) in [6.45, 7) is 8.76. The molecule has 2 aliphatic carbocycles. The van der Waals surface area contributed by atoms with Gasteiger partial charge in [-0.25, -0.2) is 9.59 Å². The molecule has 1 heterocycles. The predicted octanol–water partition coefficient (Wildman–Crippen LogP) is 4.56. The second-order valence-electron chi connectivity index (χ2n) is 8.44. The van der Waals surface area contributed by atoms with Gasteiger partial charge in [0.05, 0.1) is 17.8 Å². The molecule has 6 nitrogen and oxygen atoms in total. The van der Waals surface area contributed by atoms with E-state index in [1.807, 2.05) is 0 Å². The van der Waals surface area contributed by atoms with Crippen molar-refractivity contribution in [1.82, 2.24) is 0 Å². The minimum Gasteiger partial charge on any atom is -0.459 e. The van der Waals surface area contributed by atoms with Crippen molar-refractivity contribution in [2.45, 2.75) is 72.5 Å². The van der Waals surface area contributed by atoms with Gasteiger partial charge in [-0.1, -0.05) is 6.42 Å². The normalized spacial score (nSPS) is 23.3. The third-order valence-electron chi connectivity index (χ3n) is 5.53. The van der Waals surface area contributed by atoms with Gasteiger partial charge in [0.1, 0.15) is 9.88 Å². The lowest BCUT2D eigenvalue weighted by atomic mass is 9.88. The van der Waals surface area contributed by atoms with E-state index in [1.165, 1.54) is 6.42 Å². The Bertz CT molecular complexity index is 782. The van der Waals surface area contributed by atoms with Crippen LogP contribution in [0.2, 0.25) is 0 Å². The number of thiophene rings is 1. The molecule has 3 rings (SSSR count). The van der Waals surface area contributed by atoms with E-state index in [0.717, 1.165) is 30.6 Å². The summed E-state index contributed by atoms with van der Waals surface area (Å²) in [6, 6.07) is 0. The average molecular weight is 408 g/mol. The summed E-state index contributed by atoms with van der Waals surface area (Å²) in [4.78, 5) is 38.3. The molecule has 1 aromatic heterocycles. The third kappa shape index (κ3) is 4.24. The molecule has 154 valence electrons. The maximum Gasteiger partial charge on any atom is 0.348 e. The monoisotopic (exact) mass is 407 g/mol. The van der Waals surface area contributed by atoms with Gasteiger partial charge >= 0.3 is 11.9 Å². The Hall–Kier alpha value is -1.89. The van der Waals surface area contributed by atoms with Gasteiger partial charge in [0, 0.05) is 5.92 Å². The molecule has 2 fully saturated rings. The van der Waals surface area contributed by atoms with Crippen LogP contribution in [0.15, 0.2) is 0 Å². The molecule has 1 N–H and O–H groups in total. The lowest BCUT2D eigenvalue weighted by molar-refractivity contribution is -0.121. The highest BCUT2D eigenvalue weighted by Gasteiger charge is 2.43. The fourth-order valence-electron chi connectivity index (χ4n) is 4.35. The van der Waals surface area contributed by atoms with Crippen molar-refractivity contribution in [3.63, 3.8) is 0 Å². The number of nitrogens with one attached hydrogen (secondary N) is 1. The van der Waals surface area contributed by atoms with Crippen molar-refractivity contribution in [3.8, 4) is 0 Å². The lowest BCUT2D eigenvalue weighted by Crippen LogP contribution is -2.27. The van der Waals surface area contributed by atoms with Crippen LogP contribution in [-0.2, 0) is 14.3 Å². The highest BCUT2D eigenvalue weighted by Crippen LogP contribution is 2.49. The number of ether oxygens (including phenoxy) is 2. The van der Waals surface area contributed by atoms with Crippen molar-refractivity contribution < 1.29 is 23.9 Å². The first kappa shape index (κ1) is 20.8. The fourth-order valence-corrected chi connectivity index (χ4v) is 5.43. The second-order valence-corrected chi connectivity index (χ2v) is 9.46. The number of fused-ring (bicyclic) bond motifs is 2. The first-order chi connectivity index (χ1) is 13.2. The van der Waals surface area contributed by atoms with Gasteiger partial charge in [0.2, 0.25) is 5.91 Å². The topological polar surface area (TPSA) is 81.7 Å². The summed E-state index contributed by atoms with van der Waals surface area (Å²) < 4.78 is 10.7. The smallest absolute Gasteiger partial charge is 0.348 e. The van der Waals surface area contributed by atoms with Crippen LogP contribution in [0.3, 0.4) is 0 Å². The summed E-state index contributed by atoms with van der Waals surface area (Å²) in [7, 11) is 0. The van der Waals surface area contributed by atoms with Gasteiger partial charge in [0.25, 0.3) is 0 Å². The van der Waals surface area contributed by atoms with Crippen LogP contribution < -0.4 is 5.32 Å². The summed E-state index contributed by atoms with van der Waals surface area (Å²) in [6.07, 6.45) is 3.77. The van der Waals surface area contributed by atoms with Crippen LogP contribution in [0.4, 0.5) is 5.00 Å². The van der Waals surface area contributed by atoms with Crippen LogP contribution in [-0.4, -0.2) is 30.1 Å². The molecule has 2 bridgehead atoms. The Balaban J connectivity index is 1.88. The molecule has 0 unspecified atom stereocenters. The van der Waals surface area contributed by atoms with Crippen LogP contribution >= 0.6 is 11.3 Å². The molecule has 0 radical (unpaired) electrons. The minimum atomic E-state index is -0.532. The zero-order valence-corrected chi connectivity index (χ0v) is 18.0. The van der Waals surface area contributed by atoms with Gasteiger partial charge < -0.3 is 14.8 Å². The number of hydrogen-bond acceptors (Lipinski definition) is 6. The van der Waals surface area contributed by atoms with Gasteiger partial charge in [-0.3, -0.25) is 4.79 Å². The standard InChI is InChI=1S/C21H29NO5S/c1-10(2)26-20(24)16-12(5)17(21(25)27-11(3)4)28-19(16)22-18(23)15-9-13-6-7-14(15)8-13/h10-11,13-15H,6-9H2,1-5H3,(H,22,23)/t13-,14-,15-/m1/s1. The Kier molecular flexibility index (Phi) is 6.12. The van der Waals surface area contributed by atoms with E-state index < -0.39 is 11.9 Å². The highest BCUT2D eigenvalue weighted by atomic mass is 32.1. The van der Waals surface area contributed by atoms with E-state index in [2.05, 4.69) is 5.32 Å².